The summed E-state index contributed by atoms with van der Waals surface area (Å²) in [6, 6.07) is 17.3. The third-order valence-corrected chi connectivity index (χ3v) is 5.83. The Morgan fingerprint density at radius 3 is 2.33 bits per heavy atom. The van der Waals surface area contributed by atoms with Crippen LogP contribution >= 0.6 is 0 Å². The summed E-state index contributed by atoms with van der Waals surface area (Å²) in [4.78, 5) is 16.2. The fourth-order valence-electron chi connectivity index (χ4n) is 4.01. The monoisotopic (exact) mass is 482 g/mol. The summed E-state index contributed by atoms with van der Waals surface area (Å²) >= 11 is 0. The summed E-state index contributed by atoms with van der Waals surface area (Å²) in [6.07, 6.45) is 5.44. The van der Waals surface area contributed by atoms with E-state index >= 15 is 0 Å². The number of benzene rings is 2. The molecule has 0 aliphatic carbocycles. The van der Waals surface area contributed by atoms with Gasteiger partial charge in [-0.3, -0.25) is 14.6 Å². The molecule has 0 saturated heterocycles. The molecule has 3 aromatic heterocycles. The Hall–Kier alpha value is -4.50. The van der Waals surface area contributed by atoms with Gasteiger partial charge in [0.05, 0.1) is 67.9 Å². The summed E-state index contributed by atoms with van der Waals surface area (Å²) in [5.74, 6) is 1.34. The van der Waals surface area contributed by atoms with E-state index in [1.807, 2.05) is 61.8 Å². The van der Waals surface area contributed by atoms with Crippen LogP contribution in [0.5, 0.6) is 11.5 Å². The lowest BCUT2D eigenvalue weighted by molar-refractivity contribution is 0.276. The highest BCUT2D eigenvalue weighted by atomic mass is 16.5. The molecule has 5 rings (SSSR count). The van der Waals surface area contributed by atoms with E-state index in [1.54, 1.807) is 37.4 Å². The number of hydrogen-bond acceptors (Lipinski definition) is 8. The fourth-order valence-corrected chi connectivity index (χ4v) is 4.01. The summed E-state index contributed by atoms with van der Waals surface area (Å²) < 4.78 is 12.8. The lowest BCUT2D eigenvalue weighted by Gasteiger charge is -2.26. The second-order valence-corrected chi connectivity index (χ2v) is 8.27. The van der Waals surface area contributed by atoms with E-state index in [9.17, 15) is 5.11 Å². The van der Waals surface area contributed by atoms with E-state index < -0.39 is 0 Å². The molecule has 9 heteroatoms. The molecule has 36 heavy (non-hydrogen) atoms. The second-order valence-electron chi connectivity index (χ2n) is 8.27. The number of aromatic nitrogens is 5. The van der Waals surface area contributed by atoms with E-state index in [2.05, 4.69) is 20.0 Å². The minimum absolute atomic E-state index is 0.122. The molecule has 0 radical (unpaired) electrons. The number of ether oxygens (including phenoxy) is 2. The average molecular weight is 483 g/mol. The van der Waals surface area contributed by atoms with Crippen LogP contribution in [0.2, 0.25) is 0 Å². The van der Waals surface area contributed by atoms with Crippen molar-refractivity contribution in [2.24, 2.45) is 7.05 Å². The van der Waals surface area contributed by atoms with Crippen molar-refractivity contribution in [1.82, 2.24) is 24.7 Å². The van der Waals surface area contributed by atoms with E-state index in [1.165, 1.54) is 0 Å². The number of hydrogen-bond donors (Lipinski definition) is 1. The molecular weight excluding hydrogens is 456 g/mol. The molecule has 1 N–H and O–H groups in total. The van der Waals surface area contributed by atoms with Crippen molar-refractivity contribution in [3.63, 3.8) is 0 Å². The first-order chi connectivity index (χ1) is 17.6. The Morgan fingerprint density at radius 1 is 0.861 bits per heavy atom. The summed E-state index contributed by atoms with van der Waals surface area (Å²) in [5, 5.41) is 13.8. The molecule has 2 aromatic carbocycles. The second kappa shape index (κ2) is 10.0. The molecule has 182 valence electrons. The van der Waals surface area contributed by atoms with Crippen LogP contribution in [-0.2, 0) is 20.2 Å². The SMILES string of the molecule is COc1cc(OC)cc(N(Cc2cccc(CO)n2)c2ccc3ncc(-c4cnn(C)c4)nc3c2)c1. The molecule has 0 bridgehead atoms. The van der Waals surface area contributed by atoms with Crippen LogP contribution < -0.4 is 14.4 Å². The predicted octanol–water partition coefficient (Wildman–Crippen LogP) is 4.27. The standard InChI is InChI=1S/C27H26N6O3/c1-32-15-18(13-29-32)27-14-28-25-8-7-21(11-26(25)31-27)33(16-19-5-4-6-20(17-34)30-19)22-9-23(35-2)12-24(10-22)36-3/h4-15,34H,16-17H2,1-3H3. The maximum Gasteiger partial charge on any atom is 0.124 e. The first kappa shape index (κ1) is 23.3. The molecule has 0 saturated carbocycles. The smallest absolute Gasteiger partial charge is 0.124 e. The minimum atomic E-state index is -0.122. The number of nitrogens with zero attached hydrogens (tertiary/aromatic N) is 6. The quantitative estimate of drug-likeness (QED) is 0.350. The number of aliphatic hydroxyl groups is 1. The van der Waals surface area contributed by atoms with Gasteiger partial charge in [-0.2, -0.15) is 5.10 Å². The summed E-state index contributed by atoms with van der Waals surface area (Å²) in [5.41, 5.74) is 6.36. The molecule has 9 nitrogen and oxygen atoms in total. The lowest BCUT2D eigenvalue weighted by atomic mass is 10.1. The molecule has 3 heterocycles. The predicted molar refractivity (Wildman–Crippen MR) is 137 cm³/mol. The normalized spacial score (nSPS) is 11.0. The number of pyridine rings is 1. The highest BCUT2D eigenvalue weighted by Crippen LogP contribution is 2.35. The minimum Gasteiger partial charge on any atom is -0.497 e. The van der Waals surface area contributed by atoms with Crippen LogP contribution in [0, 0.1) is 0 Å². The van der Waals surface area contributed by atoms with Crippen molar-refractivity contribution in [3.8, 4) is 22.8 Å². The van der Waals surface area contributed by atoms with Gasteiger partial charge in [-0.15, -0.1) is 0 Å². The number of aliphatic hydroxyl groups excluding tert-OH is 1. The van der Waals surface area contributed by atoms with Gasteiger partial charge in [0.25, 0.3) is 0 Å². The molecule has 0 unspecified atom stereocenters. The van der Waals surface area contributed by atoms with Gasteiger partial charge in [0, 0.05) is 48.4 Å². The Balaban J connectivity index is 1.62. The van der Waals surface area contributed by atoms with Gasteiger partial charge >= 0.3 is 0 Å². The van der Waals surface area contributed by atoms with Crippen molar-refractivity contribution in [2.75, 3.05) is 19.1 Å². The van der Waals surface area contributed by atoms with Crippen LogP contribution in [0.3, 0.4) is 0 Å². The van der Waals surface area contributed by atoms with Crippen molar-refractivity contribution >= 4 is 22.4 Å². The summed E-state index contributed by atoms with van der Waals surface area (Å²) in [7, 11) is 5.12. The maximum atomic E-state index is 9.58. The first-order valence-corrected chi connectivity index (χ1v) is 11.4. The van der Waals surface area contributed by atoms with E-state index in [0.29, 0.717) is 23.7 Å². The lowest BCUT2D eigenvalue weighted by Crippen LogP contribution is -2.18. The molecule has 0 aliphatic heterocycles. The van der Waals surface area contributed by atoms with Gasteiger partial charge in [0.2, 0.25) is 0 Å². The van der Waals surface area contributed by atoms with E-state index in [0.717, 1.165) is 39.4 Å². The van der Waals surface area contributed by atoms with Gasteiger partial charge in [-0.1, -0.05) is 6.07 Å². The van der Waals surface area contributed by atoms with Gasteiger partial charge < -0.3 is 19.5 Å². The molecule has 0 aliphatic rings. The fraction of sp³-hybridized carbons (Fsp3) is 0.185. The molecular formula is C27H26N6O3. The Morgan fingerprint density at radius 2 is 1.64 bits per heavy atom. The number of rotatable bonds is 8. The Labute approximate surface area is 208 Å². The van der Waals surface area contributed by atoms with Crippen molar-refractivity contribution in [2.45, 2.75) is 13.2 Å². The van der Waals surface area contributed by atoms with Gasteiger partial charge in [0.15, 0.2) is 0 Å². The zero-order valence-electron chi connectivity index (χ0n) is 20.3. The van der Waals surface area contributed by atoms with Gasteiger partial charge in [-0.25, -0.2) is 4.98 Å². The van der Waals surface area contributed by atoms with E-state index in [4.69, 9.17) is 14.5 Å². The molecule has 0 amide bonds. The largest absolute Gasteiger partial charge is 0.497 e. The number of fused-ring (bicyclic) bond motifs is 1. The average Bonchev–Trinajstić information content (AvgIpc) is 3.37. The van der Waals surface area contributed by atoms with Crippen LogP contribution in [-0.4, -0.2) is 44.1 Å². The maximum absolute atomic E-state index is 9.58. The first-order valence-electron chi connectivity index (χ1n) is 11.4. The zero-order chi connectivity index (χ0) is 25.1. The van der Waals surface area contributed by atoms with Gasteiger partial charge in [0.1, 0.15) is 11.5 Å². The Bertz CT molecular complexity index is 1490. The summed E-state index contributed by atoms with van der Waals surface area (Å²) in [6.45, 7) is 0.328. The van der Waals surface area contributed by atoms with Crippen LogP contribution in [0.1, 0.15) is 11.4 Å². The van der Waals surface area contributed by atoms with Crippen molar-refractivity contribution in [1.29, 1.82) is 0 Å². The third kappa shape index (κ3) is 4.82. The third-order valence-electron chi connectivity index (χ3n) is 5.83. The molecule has 0 spiro atoms. The number of aryl methyl sites for hydroxylation is 1. The highest BCUT2D eigenvalue weighted by molar-refractivity contribution is 5.82. The van der Waals surface area contributed by atoms with E-state index in [-0.39, 0.29) is 6.61 Å². The molecule has 5 aromatic rings. The zero-order valence-corrected chi connectivity index (χ0v) is 20.3. The highest BCUT2D eigenvalue weighted by Gasteiger charge is 2.16. The molecule has 0 fully saturated rings. The number of methoxy groups -OCH3 is 2. The van der Waals surface area contributed by atoms with Crippen LogP contribution in [0.15, 0.2) is 73.2 Å². The topological polar surface area (TPSA) is 98.4 Å². The van der Waals surface area contributed by atoms with Crippen molar-refractivity contribution in [3.05, 3.63) is 84.6 Å². The van der Waals surface area contributed by atoms with Crippen molar-refractivity contribution < 1.29 is 14.6 Å². The Kier molecular flexibility index (Phi) is 6.46. The van der Waals surface area contributed by atoms with Gasteiger partial charge in [-0.05, 0) is 30.3 Å². The van der Waals surface area contributed by atoms with Crippen LogP contribution in [0.25, 0.3) is 22.3 Å². The number of anilines is 2. The van der Waals surface area contributed by atoms with Crippen LogP contribution in [0.4, 0.5) is 11.4 Å². The molecule has 0 atom stereocenters.